The van der Waals surface area contributed by atoms with Gasteiger partial charge in [-0.05, 0) is 37.3 Å². The summed E-state index contributed by atoms with van der Waals surface area (Å²) in [4.78, 5) is 23.7. The van der Waals surface area contributed by atoms with Crippen molar-refractivity contribution in [2.45, 2.75) is 12.1 Å². The van der Waals surface area contributed by atoms with Crippen LogP contribution in [-0.2, 0) is 4.79 Å². The van der Waals surface area contributed by atoms with Gasteiger partial charge in [-0.3, -0.25) is 9.36 Å². The lowest BCUT2D eigenvalue weighted by Gasteiger charge is -2.11. The molecule has 0 radical (unpaired) electrons. The first-order chi connectivity index (χ1) is 17.6. The van der Waals surface area contributed by atoms with Gasteiger partial charge in [-0.2, -0.15) is 5.10 Å². The average Bonchev–Trinajstić information content (AvgIpc) is 3.33. The number of hydrogen-bond acceptors (Lipinski definition) is 7. The molecule has 36 heavy (non-hydrogen) atoms. The summed E-state index contributed by atoms with van der Waals surface area (Å²) in [6, 6.07) is 23.6. The summed E-state index contributed by atoms with van der Waals surface area (Å²) in [6.07, 6.45) is 1.31. The lowest BCUT2D eigenvalue weighted by Crippen LogP contribution is -2.20. The molecule has 0 aliphatic carbocycles. The van der Waals surface area contributed by atoms with Gasteiger partial charge in [0.05, 0.1) is 24.1 Å². The average molecular weight is 502 g/mol. The number of carbonyl (C=O) groups is 2. The summed E-state index contributed by atoms with van der Waals surface area (Å²) in [5, 5.41) is 22.4. The maximum atomic E-state index is 12.4. The normalized spacial score (nSPS) is 10.9. The summed E-state index contributed by atoms with van der Waals surface area (Å²) < 4.78 is 7.43. The maximum absolute atomic E-state index is 12.4. The monoisotopic (exact) mass is 501 g/mol. The molecular weight excluding hydrogens is 478 g/mol. The van der Waals surface area contributed by atoms with Crippen LogP contribution in [0.4, 0.5) is 0 Å². The van der Waals surface area contributed by atoms with Gasteiger partial charge in [-0.15, -0.1) is 10.2 Å². The van der Waals surface area contributed by atoms with E-state index in [1.165, 1.54) is 24.0 Å². The number of benzene rings is 3. The molecule has 0 fully saturated rings. The highest BCUT2D eigenvalue weighted by Crippen LogP contribution is 2.28. The van der Waals surface area contributed by atoms with E-state index in [4.69, 9.17) is 4.74 Å². The molecule has 182 valence electrons. The van der Waals surface area contributed by atoms with E-state index in [1.54, 1.807) is 18.2 Å². The van der Waals surface area contributed by atoms with Gasteiger partial charge in [-0.25, -0.2) is 10.2 Å². The topological polar surface area (TPSA) is 119 Å². The van der Waals surface area contributed by atoms with Crippen LogP contribution < -0.4 is 10.2 Å². The van der Waals surface area contributed by atoms with Crippen molar-refractivity contribution in [1.82, 2.24) is 20.2 Å². The number of rotatable bonds is 10. The largest absolute Gasteiger partial charge is 0.494 e. The summed E-state index contributed by atoms with van der Waals surface area (Å²) in [7, 11) is 0. The lowest BCUT2D eigenvalue weighted by molar-refractivity contribution is -0.118. The van der Waals surface area contributed by atoms with Crippen LogP contribution in [0.1, 0.15) is 22.8 Å². The van der Waals surface area contributed by atoms with Crippen molar-refractivity contribution in [2.75, 3.05) is 12.4 Å². The highest BCUT2D eigenvalue weighted by atomic mass is 32.2. The van der Waals surface area contributed by atoms with Crippen molar-refractivity contribution in [2.24, 2.45) is 5.10 Å². The van der Waals surface area contributed by atoms with Crippen molar-refractivity contribution in [3.63, 3.8) is 0 Å². The molecule has 4 rings (SSSR count). The zero-order valence-electron chi connectivity index (χ0n) is 19.4. The van der Waals surface area contributed by atoms with Crippen molar-refractivity contribution >= 4 is 29.9 Å². The first-order valence-electron chi connectivity index (χ1n) is 11.1. The first kappa shape index (κ1) is 24.7. The summed E-state index contributed by atoms with van der Waals surface area (Å²) in [5.74, 6) is -0.00666. The van der Waals surface area contributed by atoms with Crippen LogP contribution in [0.2, 0.25) is 0 Å². The molecule has 0 saturated carbocycles. The molecule has 0 spiro atoms. The number of hydrazone groups is 1. The fourth-order valence-electron chi connectivity index (χ4n) is 3.37. The molecule has 0 aliphatic heterocycles. The summed E-state index contributed by atoms with van der Waals surface area (Å²) >= 11 is 1.21. The summed E-state index contributed by atoms with van der Waals surface area (Å²) in [5.41, 5.74) is 4.63. The predicted octanol–water partition coefficient (Wildman–Crippen LogP) is 4.27. The molecule has 0 atom stereocenters. The van der Waals surface area contributed by atoms with Crippen LogP contribution in [0.3, 0.4) is 0 Å². The molecule has 1 heterocycles. The van der Waals surface area contributed by atoms with Crippen LogP contribution in [0, 0.1) is 0 Å². The van der Waals surface area contributed by atoms with Crippen LogP contribution in [-0.4, -0.2) is 50.3 Å². The Labute approximate surface area is 211 Å². The number of amides is 1. The number of aromatic carboxylic acids is 1. The highest BCUT2D eigenvalue weighted by molar-refractivity contribution is 7.99. The van der Waals surface area contributed by atoms with Gasteiger partial charge in [0, 0.05) is 16.8 Å². The Kier molecular flexibility index (Phi) is 8.09. The third kappa shape index (κ3) is 5.97. The van der Waals surface area contributed by atoms with Gasteiger partial charge >= 0.3 is 5.97 Å². The molecule has 4 aromatic rings. The minimum Gasteiger partial charge on any atom is -0.494 e. The molecule has 10 heteroatoms. The lowest BCUT2D eigenvalue weighted by atomic mass is 10.1. The Morgan fingerprint density at radius 3 is 2.47 bits per heavy atom. The standard InChI is InChI=1S/C26H23N5O4S/c1-2-35-21-14-12-20(13-15-21)31-24(18-8-4-3-5-9-18)29-30-26(31)36-17-23(32)28-27-16-19-10-6-7-11-22(19)25(33)34/h3-16H,2,17H2,1H3,(H,28,32)(H,33,34). The number of carbonyl (C=O) groups excluding carboxylic acids is 1. The van der Waals surface area contributed by atoms with Gasteiger partial charge in [0.1, 0.15) is 5.75 Å². The summed E-state index contributed by atoms with van der Waals surface area (Å²) in [6.45, 7) is 2.50. The Bertz CT molecular complexity index is 1370. The molecule has 0 saturated heterocycles. The van der Waals surface area contributed by atoms with E-state index in [0.29, 0.717) is 23.2 Å². The number of nitrogens with zero attached hydrogens (tertiary/aromatic N) is 4. The second-order valence-corrected chi connectivity index (χ2v) is 8.35. The number of thioether (sulfide) groups is 1. The molecule has 1 aromatic heterocycles. The Morgan fingerprint density at radius 2 is 1.75 bits per heavy atom. The Balaban J connectivity index is 1.50. The molecular formula is C26H23N5O4S. The van der Waals surface area contributed by atoms with E-state index >= 15 is 0 Å². The molecule has 0 unspecified atom stereocenters. The van der Waals surface area contributed by atoms with Crippen LogP contribution in [0.15, 0.2) is 89.1 Å². The van der Waals surface area contributed by atoms with E-state index < -0.39 is 5.97 Å². The third-order valence-electron chi connectivity index (χ3n) is 4.99. The number of ether oxygens (including phenoxy) is 1. The minimum atomic E-state index is -1.07. The van der Waals surface area contributed by atoms with Gasteiger partial charge in [0.25, 0.3) is 5.91 Å². The van der Waals surface area contributed by atoms with Gasteiger partial charge in [-0.1, -0.05) is 60.3 Å². The van der Waals surface area contributed by atoms with Crippen LogP contribution >= 0.6 is 11.8 Å². The number of hydrogen-bond donors (Lipinski definition) is 2. The smallest absolute Gasteiger partial charge is 0.336 e. The van der Waals surface area contributed by atoms with E-state index in [0.717, 1.165) is 17.0 Å². The zero-order chi connectivity index (χ0) is 25.3. The molecule has 1 amide bonds. The van der Waals surface area contributed by atoms with Crippen molar-refractivity contribution < 1.29 is 19.4 Å². The van der Waals surface area contributed by atoms with E-state index in [9.17, 15) is 14.7 Å². The molecule has 2 N–H and O–H groups in total. The second kappa shape index (κ2) is 11.8. The van der Waals surface area contributed by atoms with Gasteiger partial charge < -0.3 is 9.84 Å². The Morgan fingerprint density at radius 1 is 1.03 bits per heavy atom. The van der Waals surface area contributed by atoms with E-state index in [1.807, 2.05) is 66.1 Å². The minimum absolute atomic E-state index is 0.0296. The molecule has 0 aliphatic rings. The van der Waals surface area contributed by atoms with E-state index in [-0.39, 0.29) is 17.2 Å². The fourth-order valence-corrected chi connectivity index (χ4v) is 4.11. The van der Waals surface area contributed by atoms with Crippen molar-refractivity contribution in [1.29, 1.82) is 0 Å². The first-order valence-corrected chi connectivity index (χ1v) is 12.1. The van der Waals surface area contributed by atoms with Crippen LogP contribution in [0.25, 0.3) is 17.1 Å². The number of aromatic nitrogens is 3. The molecule has 3 aromatic carbocycles. The van der Waals surface area contributed by atoms with Gasteiger partial charge in [0.15, 0.2) is 11.0 Å². The molecule has 9 nitrogen and oxygen atoms in total. The van der Waals surface area contributed by atoms with Crippen LogP contribution in [0.5, 0.6) is 5.75 Å². The van der Waals surface area contributed by atoms with E-state index in [2.05, 4.69) is 20.7 Å². The number of carboxylic acids is 1. The quantitative estimate of drug-likeness (QED) is 0.189. The second-order valence-electron chi connectivity index (χ2n) is 7.41. The van der Waals surface area contributed by atoms with Crippen molar-refractivity contribution in [3.05, 3.63) is 90.0 Å². The third-order valence-corrected chi connectivity index (χ3v) is 5.92. The molecule has 0 bridgehead atoms. The zero-order valence-corrected chi connectivity index (χ0v) is 20.2. The maximum Gasteiger partial charge on any atom is 0.336 e. The number of carboxylic acid groups (broad SMARTS) is 1. The number of nitrogens with one attached hydrogen (secondary N) is 1. The Hall–Kier alpha value is -4.44. The highest BCUT2D eigenvalue weighted by Gasteiger charge is 2.17. The van der Waals surface area contributed by atoms with Crippen molar-refractivity contribution in [3.8, 4) is 22.8 Å². The van der Waals surface area contributed by atoms with Gasteiger partial charge in [0.2, 0.25) is 0 Å². The predicted molar refractivity (Wildman–Crippen MR) is 138 cm³/mol. The fraction of sp³-hybridized carbons (Fsp3) is 0.115. The SMILES string of the molecule is CCOc1ccc(-n2c(SCC(=O)NN=Cc3ccccc3C(=O)O)nnc2-c2ccccc2)cc1.